The van der Waals surface area contributed by atoms with Crippen molar-refractivity contribution in [1.29, 1.82) is 0 Å². The maximum Gasteiger partial charge on any atom is 0.407 e. The number of ether oxygens (including phenoxy) is 1. The average molecular weight is 737 g/mol. The molecule has 0 saturated heterocycles. The van der Waals surface area contributed by atoms with E-state index in [-0.39, 0.29) is 37.8 Å². The van der Waals surface area contributed by atoms with Gasteiger partial charge in [0.15, 0.2) is 0 Å². The number of hydrogen-bond donors (Lipinski definition) is 5. The number of thiazole rings is 1. The van der Waals surface area contributed by atoms with Crippen molar-refractivity contribution in [3.63, 3.8) is 0 Å². The van der Waals surface area contributed by atoms with E-state index in [1.54, 1.807) is 30.6 Å². The van der Waals surface area contributed by atoms with Gasteiger partial charge in [-0.2, -0.15) is 0 Å². The fourth-order valence-electron chi connectivity index (χ4n) is 5.40. The van der Waals surface area contributed by atoms with Crippen LogP contribution >= 0.6 is 22.9 Å². The number of nitrogens with one attached hydrogen (secondary N) is 3. The van der Waals surface area contributed by atoms with Crippen molar-refractivity contribution >= 4 is 40.9 Å². The van der Waals surface area contributed by atoms with Crippen LogP contribution in [-0.2, 0) is 35.5 Å². The maximum absolute atomic E-state index is 13.9. The second-order valence-corrected chi connectivity index (χ2v) is 14.9. The lowest BCUT2D eigenvalue weighted by Crippen LogP contribution is -2.60. The third-order valence-electron chi connectivity index (χ3n) is 8.28. The number of rotatable bonds is 17. The number of carbonyl (C=O) groups is 3. The smallest absolute Gasteiger partial charge is 0.407 e. The summed E-state index contributed by atoms with van der Waals surface area (Å²) in [6.45, 7) is 8.02. The van der Waals surface area contributed by atoms with E-state index >= 15 is 0 Å². The predicted octanol–water partition coefficient (Wildman–Crippen LogP) is 4.88. The summed E-state index contributed by atoms with van der Waals surface area (Å²) in [6, 6.07) is 16.8. The molecule has 51 heavy (non-hydrogen) atoms. The molecule has 0 unspecified atom stereocenters. The molecule has 2 aromatic heterocycles. The fraction of sp³-hybridized carbons (Fsp3) is 0.432. The van der Waals surface area contributed by atoms with Gasteiger partial charge in [0.25, 0.3) is 0 Å². The summed E-state index contributed by atoms with van der Waals surface area (Å²) in [5.74, 6) is -0.553. The first-order valence-corrected chi connectivity index (χ1v) is 18.6. The van der Waals surface area contributed by atoms with Gasteiger partial charge in [-0.25, -0.2) is 18.9 Å². The van der Waals surface area contributed by atoms with Gasteiger partial charge in [0.05, 0.1) is 34.2 Å². The van der Waals surface area contributed by atoms with Crippen molar-refractivity contribution in [2.45, 2.75) is 89.9 Å². The Morgan fingerprint density at radius 3 is 1.94 bits per heavy atom. The van der Waals surface area contributed by atoms with Crippen LogP contribution in [0.25, 0.3) is 0 Å². The molecule has 4 aromatic rings. The fourth-order valence-corrected chi connectivity index (χ4v) is 6.72. The predicted molar refractivity (Wildman–Crippen MR) is 198 cm³/mol. The maximum atomic E-state index is 13.9. The van der Waals surface area contributed by atoms with Crippen LogP contribution in [0.5, 0.6) is 0 Å². The number of alkyl carbamates (subject to hydrolysis) is 1. The summed E-state index contributed by atoms with van der Waals surface area (Å²) in [7, 11) is 1.64. The number of nitrogens with zero attached hydrogens (tertiary/aromatic N) is 3. The third kappa shape index (κ3) is 12.1. The molecule has 2 aromatic carbocycles. The number of aliphatic hydroxyl groups is 2. The number of urea groups is 1. The van der Waals surface area contributed by atoms with Gasteiger partial charge in [-0.1, -0.05) is 88.4 Å². The molecule has 0 bridgehead atoms. The monoisotopic (exact) mass is 736 g/mol. The quantitative estimate of drug-likeness (QED) is 0.102. The summed E-state index contributed by atoms with van der Waals surface area (Å²) in [6.07, 6.45) is -1.88. The minimum Gasteiger partial charge on any atom is -0.444 e. The lowest BCUT2D eigenvalue weighted by atomic mass is 9.90. The zero-order valence-corrected chi connectivity index (χ0v) is 31.2. The number of hydrogen-bond acceptors (Lipinski definition) is 10. The third-order valence-corrected chi connectivity index (χ3v) is 10.2. The molecule has 4 rings (SSSR count). The largest absolute Gasteiger partial charge is 0.444 e. The molecule has 0 radical (unpaired) electrons. The van der Waals surface area contributed by atoms with Gasteiger partial charge in [0.1, 0.15) is 24.9 Å². The van der Waals surface area contributed by atoms with Gasteiger partial charge in [-0.3, -0.25) is 4.79 Å². The molecule has 2 heterocycles. The van der Waals surface area contributed by atoms with Gasteiger partial charge in [0, 0.05) is 24.5 Å². The average Bonchev–Trinajstić information content (AvgIpc) is 3.82. The van der Waals surface area contributed by atoms with Gasteiger partial charge in [0.2, 0.25) is 5.91 Å². The van der Waals surface area contributed by atoms with Crippen molar-refractivity contribution in [1.82, 2.24) is 30.2 Å². The molecule has 0 saturated carbocycles. The van der Waals surface area contributed by atoms with Crippen LogP contribution in [0.2, 0.25) is 0 Å². The van der Waals surface area contributed by atoms with E-state index in [1.807, 2.05) is 79.9 Å². The Kier molecular flexibility index (Phi) is 14.9. The number of aromatic nitrogens is 2. The molecule has 5 atom stereocenters. The normalized spacial score (nSPS) is 14.3. The minimum absolute atomic E-state index is 0.000151. The van der Waals surface area contributed by atoms with E-state index in [9.17, 15) is 24.6 Å². The second-order valence-electron chi connectivity index (χ2n) is 13.1. The molecule has 14 heteroatoms. The first-order valence-electron chi connectivity index (χ1n) is 16.9. The molecule has 5 N–H and O–H groups in total. The van der Waals surface area contributed by atoms with Crippen molar-refractivity contribution < 1.29 is 29.3 Å². The van der Waals surface area contributed by atoms with Crippen LogP contribution in [0.15, 0.2) is 78.3 Å². The van der Waals surface area contributed by atoms with E-state index in [0.717, 1.165) is 26.7 Å². The topological polar surface area (TPSA) is 166 Å². The standard InChI is InChI=1S/C37H48N6O6S2/c1-23(2)31(42-36(47)43(5)20-27-22-50-35(39-27)24(3)4)34(46)40-29(18-25-12-8-6-9-13-25)32(44)33(45)30(19-26-14-10-7-11-15-26)41-37(48)49-21-28-16-17-38-51-28/h6-17,22-24,29-33,44-45H,18-21H2,1-5H3,(H,40,46)(H,41,48)(H,42,47)/t29-,30-,31-,32-,33+/m0/s1. The van der Waals surface area contributed by atoms with Crippen LogP contribution < -0.4 is 16.0 Å². The Balaban J connectivity index is 1.50. The summed E-state index contributed by atoms with van der Waals surface area (Å²) in [4.78, 5) is 46.9. The van der Waals surface area contributed by atoms with E-state index in [4.69, 9.17) is 4.74 Å². The molecule has 0 aliphatic heterocycles. The van der Waals surface area contributed by atoms with Gasteiger partial charge >= 0.3 is 12.1 Å². The Labute approximate surface area is 307 Å². The van der Waals surface area contributed by atoms with Gasteiger partial charge in [-0.15, -0.1) is 11.3 Å². The lowest BCUT2D eigenvalue weighted by Gasteiger charge is -2.34. The molecule has 4 amide bonds. The van der Waals surface area contributed by atoms with E-state index < -0.39 is 48.4 Å². The molecular weight excluding hydrogens is 689 g/mol. The SMILES string of the molecule is CC(C)c1nc(CN(C)C(=O)N[C@H](C(=O)N[C@@H](Cc2ccccc2)[C@H](O)[C@H](O)[C@H](Cc2ccccc2)NC(=O)OCc2ccns2)C(C)C)cs1. The van der Waals surface area contributed by atoms with Crippen molar-refractivity contribution in [2.24, 2.45) is 5.92 Å². The Hall–Kier alpha value is -4.37. The van der Waals surface area contributed by atoms with Crippen molar-refractivity contribution in [3.8, 4) is 0 Å². The lowest BCUT2D eigenvalue weighted by molar-refractivity contribution is -0.126. The highest BCUT2D eigenvalue weighted by molar-refractivity contribution is 7.09. The van der Waals surface area contributed by atoms with E-state index in [2.05, 4.69) is 39.2 Å². The van der Waals surface area contributed by atoms with E-state index in [0.29, 0.717) is 0 Å². The molecular formula is C37H48N6O6S2. The minimum atomic E-state index is -1.53. The van der Waals surface area contributed by atoms with Crippen LogP contribution in [-0.4, -0.2) is 79.9 Å². The van der Waals surface area contributed by atoms with Crippen molar-refractivity contribution in [2.75, 3.05) is 7.05 Å². The summed E-state index contributed by atoms with van der Waals surface area (Å²) >= 11 is 2.75. The molecule has 0 spiro atoms. The Morgan fingerprint density at radius 2 is 1.43 bits per heavy atom. The van der Waals surface area contributed by atoms with Crippen LogP contribution in [0.1, 0.15) is 60.3 Å². The number of carbonyl (C=O) groups excluding carboxylic acids is 3. The number of amides is 4. The number of benzene rings is 2. The molecule has 0 fully saturated rings. The zero-order chi connectivity index (χ0) is 36.9. The summed E-state index contributed by atoms with van der Waals surface area (Å²) in [5.41, 5.74) is 2.38. The molecule has 0 aliphatic rings. The number of aliphatic hydroxyl groups excluding tert-OH is 2. The van der Waals surface area contributed by atoms with Gasteiger partial charge in [-0.05, 0) is 47.5 Å². The first kappa shape index (κ1) is 39.4. The zero-order valence-electron chi connectivity index (χ0n) is 29.6. The van der Waals surface area contributed by atoms with Gasteiger partial charge < -0.3 is 35.8 Å². The summed E-state index contributed by atoms with van der Waals surface area (Å²) in [5, 5.41) is 34.8. The van der Waals surface area contributed by atoms with Crippen molar-refractivity contribution in [3.05, 3.63) is 105 Å². The van der Waals surface area contributed by atoms with Crippen LogP contribution in [0.3, 0.4) is 0 Å². The Bertz CT molecular complexity index is 1650. The molecule has 0 aliphatic carbocycles. The van der Waals surface area contributed by atoms with E-state index in [1.165, 1.54) is 16.4 Å². The van der Waals surface area contributed by atoms with Crippen LogP contribution in [0, 0.1) is 5.92 Å². The Morgan fingerprint density at radius 1 is 0.843 bits per heavy atom. The molecule has 274 valence electrons. The highest BCUT2D eigenvalue weighted by Gasteiger charge is 2.36. The summed E-state index contributed by atoms with van der Waals surface area (Å²) < 4.78 is 9.39. The van der Waals surface area contributed by atoms with Crippen LogP contribution in [0.4, 0.5) is 9.59 Å². The second kappa shape index (κ2) is 19.3. The first-order chi connectivity index (χ1) is 24.4. The highest BCUT2D eigenvalue weighted by Crippen LogP contribution is 2.20. The highest BCUT2D eigenvalue weighted by atomic mass is 32.1. The molecule has 12 nitrogen and oxygen atoms in total.